The molecular weight excluding hydrogens is 200 g/mol. The second-order valence-corrected chi connectivity index (χ2v) is 4.52. The number of primary amides is 1. The molecule has 0 saturated heterocycles. The molecule has 1 unspecified atom stereocenters. The number of allylic oxidation sites excluding steroid dienone is 1. The minimum absolute atomic E-state index is 0.136. The normalized spacial score (nSPS) is 22.8. The lowest BCUT2D eigenvalue weighted by molar-refractivity contribution is -0.118. The highest BCUT2D eigenvalue weighted by Gasteiger charge is 2.27. The number of amides is 1. The Morgan fingerprint density at radius 2 is 2.12 bits per heavy atom. The first-order valence-electron chi connectivity index (χ1n) is 6.20. The molecule has 0 aromatic carbocycles. The third kappa shape index (κ3) is 4.17. The molecule has 1 atom stereocenters. The summed E-state index contributed by atoms with van der Waals surface area (Å²) in [6.45, 7) is 2.20. The molecule has 0 aromatic heterocycles. The number of hydrogen-bond donors (Lipinski definition) is 1. The van der Waals surface area contributed by atoms with Crippen LogP contribution in [0.15, 0.2) is 17.1 Å². The number of hydrogen-bond acceptors (Lipinski definition) is 2. The van der Waals surface area contributed by atoms with Gasteiger partial charge in [-0.1, -0.05) is 38.7 Å². The van der Waals surface area contributed by atoms with Crippen molar-refractivity contribution in [1.82, 2.24) is 0 Å². The molecule has 0 aromatic rings. The van der Waals surface area contributed by atoms with Gasteiger partial charge in [0, 0.05) is 12.6 Å². The number of unbranched alkanes of at least 4 members (excludes halogenated alkanes) is 3. The fourth-order valence-electron chi connectivity index (χ4n) is 2.07. The van der Waals surface area contributed by atoms with Gasteiger partial charge in [-0.25, -0.2) is 0 Å². The van der Waals surface area contributed by atoms with Crippen molar-refractivity contribution in [2.75, 3.05) is 0 Å². The lowest BCUT2D eigenvalue weighted by Crippen LogP contribution is -2.25. The predicted molar refractivity (Wildman–Crippen MR) is 67.6 cm³/mol. The van der Waals surface area contributed by atoms with Gasteiger partial charge < -0.3 is 5.73 Å². The SMILES string of the molecule is CCCCCCC1(CCC(N)=O)C=CC=N1. The maximum absolute atomic E-state index is 10.8. The lowest BCUT2D eigenvalue weighted by atomic mass is 9.88. The van der Waals surface area contributed by atoms with E-state index >= 15 is 0 Å². The van der Waals surface area contributed by atoms with Crippen molar-refractivity contribution in [2.45, 2.75) is 57.4 Å². The summed E-state index contributed by atoms with van der Waals surface area (Å²) < 4.78 is 0. The second-order valence-electron chi connectivity index (χ2n) is 4.52. The van der Waals surface area contributed by atoms with Crippen molar-refractivity contribution in [3.8, 4) is 0 Å². The van der Waals surface area contributed by atoms with Crippen LogP contribution < -0.4 is 5.73 Å². The highest BCUT2D eigenvalue weighted by atomic mass is 16.1. The third-order valence-corrected chi connectivity index (χ3v) is 3.09. The molecule has 0 spiro atoms. The van der Waals surface area contributed by atoms with E-state index in [1.54, 1.807) is 0 Å². The van der Waals surface area contributed by atoms with Crippen LogP contribution in [-0.2, 0) is 4.79 Å². The number of aliphatic imine (C=N–C) groups is 1. The average Bonchev–Trinajstić information content (AvgIpc) is 2.71. The van der Waals surface area contributed by atoms with Crippen LogP contribution in [0, 0.1) is 0 Å². The molecule has 1 heterocycles. The van der Waals surface area contributed by atoms with Gasteiger partial charge in [0.1, 0.15) is 0 Å². The molecule has 0 bridgehead atoms. The zero-order chi connectivity index (χ0) is 11.9. The molecule has 3 nitrogen and oxygen atoms in total. The molecule has 1 aliphatic heterocycles. The lowest BCUT2D eigenvalue weighted by Gasteiger charge is -2.23. The van der Waals surface area contributed by atoms with Crippen molar-refractivity contribution in [3.05, 3.63) is 12.2 Å². The van der Waals surface area contributed by atoms with Crippen LogP contribution in [0.2, 0.25) is 0 Å². The van der Waals surface area contributed by atoms with E-state index in [4.69, 9.17) is 5.73 Å². The van der Waals surface area contributed by atoms with E-state index in [0.717, 1.165) is 12.8 Å². The Balaban J connectivity index is 2.37. The molecule has 16 heavy (non-hydrogen) atoms. The van der Waals surface area contributed by atoms with Crippen LogP contribution in [0.3, 0.4) is 0 Å². The van der Waals surface area contributed by atoms with Crippen molar-refractivity contribution in [2.24, 2.45) is 10.7 Å². The smallest absolute Gasteiger partial charge is 0.217 e. The van der Waals surface area contributed by atoms with Gasteiger partial charge in [-0.3, -0.25) is 9.79 Å². The molecule has 3 heteroatoms. The fraction of sp³-hybridized carbons (Fsp3) is 0.692. The summed E-state index contributed by atoms with van der Waals surface area (Å²) in [5, 5.41) is 0. The first kappa shape index (κ1) is 12.9. The van der Waals surface area contributed by atoms with Gasteiger partial charge in [0.2, 0.25) is 5.91 Å². The first-order chi connectivity index (χ1) is 7.68. The largest absolute Gasteiger partial charge is 0.370 e. The minimum atomic E-state index is -0.233. The molecule has 1 rings (SSSR count). The Bertz CT molecular complexity index is 270. The maximum Gasteiger partial charge on any atom is 0.217 e. The fourth-order valence-corrected chi connectivity index (χ4v) is 2.07. The molecule has 0 aliphatic carbocycles. The van der Waals surface area contributed by atoms with Crippen molar-refractivity contribution in [1.29, 1.82) is 0 Å². The van der Waals surface area contributed by atoms with E-state index in [-0.39, 0.29) is 11.4 Å². The second kappa shape index (κ2) is 6.46. The van der Waals surface area contributed by atoms with Gasteiger partial charge in [0.15, 0.2) is 0 Å². The Hall–Kier alpha value is -1.12. The summed E-state index contributed by atoms with van der Waals surface area (Å²) in [6.07, 6.45) is 13.1. The zero-order valence-electron chi connectivity index (χ0n) is 10.1. The Morgan fingerprint density at radius 1 is 1.31 bits per heavy atom. The van der Waals surface area contributed by atoms with E-state index in [1.807, 2.05) is 12.3 Å². The summed E-state index contributed by atoms with van der Waals surface area (Å²) >= 11 is 0. The molecular formula is C13H22N2O. The molecule has 1 amide bonds. The quantitative estimate of drug-likeness (QED) is 0.630. The highest BCUT2D eigenvalue weighted by molar-refractivity contribution is 5.76. The van der Waals surface area contributed by atoms with Crippen LogP contribution in [0.4, 0.5) is 0 Å². The molecule has 1 aliphatic rings. The molecule has 0 radical (unpaired) electrons. The topological polar surface area (TPSA) is 55.5 Å². The van der Waals surface area contributed by atoms with Crippen LogP contribution in [0.5, 0.6) is 0 Å². The van der Waals surface area contributed by atoms with Crippen LogP contribution in [0.25, 0.3) is 0 Å². The molecule has 90 valence electrons. The van der Waals surface area contributed by atoms with Crippen molar-refractivity contribution in [3.63, 3.8) is 0 Å². The van der Waals surface area contributed by atoms with E-state index in [9.17, 15) is 4.79 Å². The van der Waals surface area contributed by atoms with Crippen molar-refractivity contribution >= 4 is 12.1 Å². The van der Waals surface area contributed by atoms with Gasteiger partial charge in [-0.15, -0.1) is 0 Å². The average molecular weight is 222 g/mol. The predicted octanol–water partition coefficient (Wildman–Crippen LogP) is 2.60. The minimum Gasteiger partial charge on any atom is -0.370 e. The monoisotopic (exact) mass is 222 g/mol. The summed E-state index contributed by atoms with van der Waals surface area (Å²) in [5.41, 5.74) is 5.05. The summed E-state index contributed by atoms with van der Waals surface area (Å²) in [6, 6.07) is 0. The van der Waals surface area contributed by atoms with Gasteiger partial charge >= 0.3 is 0 Å². The first-order valence-corrected chi connectivity index (χ1v) is 6.20. The van der Waals surface area contributed by atoms with E-state index in [1.165, 1.54) is 25.7 Å². The van der Waals surface area contributed by atoms with Crippen molar-refractivity contribution < 1.29 is 4.79 Å². The zero-order valence-corrected chi connectivity index (χ0v) is 10.1. The number of nitrogens with zero attached hydrogens (tertiary/aromatic N) is 1. The van der Waals surface area contributed by atoms with Gasteiger partial charge in [-0.05, 0) is 18.9 Å². The van der Waals surface area contributed by atoms with E-state index < -0.39 is 0 Å². The summed E-state index contributed by atoms with van der Waals surface area (Å²) in [7, 11) is 0. The number of carbonyl (C=O) groups excluding carboxylic acids is 1. The molecule has 0 fully saturated rings. The third-order valence-electron chi connectivity index (χ3n) is 3.09. The van der Waals surface area contributed by atoms with Gasteiger partial charge in [0.25, 0.3) is 0 Å². The van der Waals surface area contributed by atoms with Gasteiger partial charge in [0.05, 0.1) is 5.54 Å². The molecule has 2 N–H and O–H groups in total. The van der Waals surface area contributed by atoms with E-state index in [0.29, 0.717) is 6.42 Å². The Morgan fingerprint density at radius 3 is 2.69 bits per heavy atom. The maximum atomic E-state index is 10.8. The number of nitrogens with two attached hydrogens (primary N) is 1. The standard InChI is InChI=1S/C13H22N2O/c1-2-3-4-5-8-13(9-6-11-15-13)10-7-12(14)16/h6,9,11H,2-5,7-8,10H2,1H3,(H2,14,16). The summed E-state index contributed by atoms with van der Waals surface area (Å²) in [5.74, 6) is -0.233. The van der Waals surface area contributed by atoms with Crippen LogP contribution >= 0.6 is 0 Å². The number of carbonyl (C=O) groups is 1. The number of rotatable bonds is 8. The van der Waals surface area contributed by atoms with E-state index in [2.05, 4.69) is 18.0 Å². The molecule has 0 saturated carbocycles. The van der Waals surface area contributed by atoms with Gasteiger partial charge in [-0.2, -0.15) is 0 Å². The van der Waals surface area contributed by atoms with Crippen LogP contribution in [0.1, 0.15) is 51.9 Å². The highest BCUT2D eigenvalue weighted by Crippen LogP contribution is 2.29. The Kier molecular flexibility index (Phi) is 5.23. The Labute approximate surface area is 97.8 Å². The van der Waals surface area contributed by atoms with Crippen LogP contribution in [-0.4, -0.2) is 17.7 Å². The summed E-state index contributed by atoms with van der Waals surface area (Å²) in [4.78, 5) is 15.3.